The molecule has 146 valence electrons. The Kier molecular flexibility index (Phi) is 5.71. The van der Waals surface area contributed by atoms with Crippen LogP contribution in [0.4, 0.5) is 0 Å². The predicted molar refractivity (Wildman–Crippen MR) is 116 cm³/mol. The van der Waals surface area contributed by atoms with Gasteiger partial charge in [0.25, 0.3) is 0 Å². The normalized spacial score (nSPS) is 20.2. The lowest BCUT2D eigenvalue weighted by molar-refractivity contribution is -0.127. The van der Waals surface area contributed by atoms with Crippen LogP contribution in [0.5, 0.6) is 0 Å². The summed E-state index contributed by atoms with van der Waals surface area (Å²) in [6, 6.07) is 29.7. The first-order chi connectivity index (χ1) is 14.2. The number of carbonyl (C=O) groups excluding carboxylic acids is 2. The van der Waals surface area contributed by atoms with E-state index in [4.69, 9.17) is 0 Å². The molecule has 0 aliphatic heterocycles. The first-order valence-electron chi connectivity index (χ1n) is 10.4. The highest BCUT2D eigenvalue weighted by molar-refractivity contribution is 5.98. The lowest BCUT2D eigenvalue weighted by Crippen LogP contribution is -2.44. The number of hydrogen-bond acceptors (Lipinski definition) is 2. The summed E-state index contributed by atoms with van der Waals surface area (Å²) in [6.07, 6.45) is 3.63. The third-order valence-corrected chi connectivity index (χ3v) is 6.29. The summed E-state index contributed by atoms with van der Waals surface area (Å²) in [5, 5.41) is 0. The third kappa shape index (κ3) is 3.80. The van der Waals surface area contributed by atoms with Crippen LogP contribution in [-0.2, 0) is 10.2 Å². The molecule has 29 heavy (non-hydrogen) atoms. The molecule has 0 N–H and O–H groups in total. The number of hydrogen-bond donors (Lipinski definition) is 0. The summed E-state index contributed by atoms with van der Waals surface area (Å²) in [4.78, 5) is 26.8. The Balaban J connectivity index is 1.83. The predicted octanol–water partition coefficient (Wildman–Crippen LogP) is 6.12. The van der Waals surface area contributed by atoms with Crippen LogP contribution in [0, 0.1) is 0 Å². The van der Waals surface area contributed by atoms with Crippen molar-refractivity contribution in [2.24, 2.45) is 0 Å². The largest absolute Gasteiger partial charge is 0.299 e. The molecule has 2 nitrogen and oxygen atoms in total. The van der Waals surface area contributed by atoms with Gasteiger partial charge in [-0.05, 0) is 24.0 Å². The van der Waals surface area contributed by atoms with E-state index in [1.807, 2.05) is 66.7 Å². The van der Waals surface area contributed by atoms with Crippen molar-refractivity contribution >= 4 is 11.6 Å². The van der Waals surface area contributed by atoms with E-state index in [0.29, 0.717) is 18.4 Å². The van der Waals surface area contributed by atoms with E-state index in [1.54, 1.807) is 0 Å². The zero-order valence-corrected chi connectivity index (χ0v) is 16.6. The highest BCUT2D eigenvalue weighted by atomic mass is 16.1. The molecule has 0 unspecified atom stereocenters. The maximum absolute atomic E-state index is 13.5. The topological polar surface area (TPSA) is 34.1 Å². The second-order valence-corrected chi connectivity index (χ2v) is 7.92. The molecular formula is C27H26O2. The molecule has 0 amide bonds. The van der Waals surface area contributed by atoms with Crippen LogP contribution in [0.1, 0.15) is 59.5 Å². The van der Waals surface area contributed by atoms with Crippen LogP contribution in [0.15, 0.2) is 91.0 Å². The molecule has 0 saturated heterocycles. The first-order valence-corrected chi connectivity index (χ1v) is 10.4. The second kappa shape index (κ2) is 8.57. The average Bonchev–Trinajstić information content (AvgIpc) is 2.80. The van der Waals surface area contributed by atoms with E-state index in [1.165, 1.54) is 0 Å². The zero-order chi connectivity index (χ0) is 20.1. The Labute approximate surface area is 172 Å². The monoisotopic (exact) mass is 382 g/mol. The van der Waals surface area contributed by atoms with Crippen molar-refractivity contribution in [2.45, 2.75) is 43.4 Å². The fraction of sp³-hybridized carbons (Fsp3) is 0.259. The maximum atomic E-state index is 13.5. The van der Waals surface area contributed by atoms with Crippen LogP contribution >= 0.6 is 0 Å². The van der Waals surface area contributed by atoms with Gasteiger partial charge in [-0.2, -0.15) is 0 Å². The van der Waals surface area contributed by atoms with Gasteiger partial charge in [-0.1, -0.05) is 97.4 Å². The number of ketones is 2. The molecule has 2 atom stereocenters. The molecule has 0 radical (unpaired) electrons. The minimum Gasteiger partial charge on any atom is -0.299 e. The van der Waals surface area contributed by atoms with Crippen LogP contribution in [0.3, 0.4) is 0 Å². The summed E-state index contributed by atoms with van der Waals surface area (Å²) in [5.41, 5.74) is 2.17. The van der Waals surface area contributed by atoms with Gasteiger partial charge in [-0.15, -0.1) is 0 Å². The van der Waals surface area contributed by atoms with Gasteiger partial charge < -0.3 is 0 Å². The van der Waals surface area contributed by atoms with Crippen molar-refractivity contribution in [2.75, 3.05) is 0 Å². The van der Waals surface area contributed by atoms with E-state index >= 15 is 0 Å². The Hall–Kier alpha value is -3.00. The summed E-state index contributed by atoms with van der Waals surface area (Å²) >= 11 is 0. The first kappa shape index (κ1) is 19.3. The summed E-state index contributed by atoms with van der Waals surface area (Å²) in [7, 11) is 0. The molecule has 4 rings (SSSR count). The molecule has 0 heterocycles. The average molecular weight is 383 g/mol. The van der Waals surface area contributed by atoms with Gasteiger partial charge in [0.05, 0.1) is 5.41 Å². The van der Waals surface area contributed by atoms with Crippen molar-refractivity contribution in [3.8, 4) is 0 Å². The van der Waals surface area contributed by atoms with Crippen molar-refractivity contribution in [1.82, 2.24) is 0 Å². The van der Waals surface area contributed by atoms with Gasteiger partial charge in [0.15, 0.2) is 5.78 Å². The van der Waals surface area contributed by atoms with Gasteiger partial charge in [0, 0.05) is 24.3 Å². The molecule has 1 aliphatic rings. The maximum Gasteiger partial charge on any atom is 0.163 e. The van der Waals surface area contributed by atoms with E-state index in [9.17, 15) is 9.59 Å². The van der Waals surface area contributed by atoms with Gasteiger partial charge >= 0.3 is 0 Å². The molecule has 3 aromatic rings. The van der Waals surface area contributed by atoms with Crippen molar-refractivity contribution in [3.05, 3.63) is 108 Å². The summed E-state index contributed by atoms with van der Waals surface area (Å²) < 4.78 is 0. The van der Waals surface area contributed by atoms with E-state index in [-0.39, 0.29) is 17.5 Å². The Bertz CT molecular complexity index is 963. The van der Waals surface area contributed by atoms with Gasteiger partial charge in [-0.3, -0.25) is 9.59 Å². The number of rotatable bonds is 6. The Morgan fingerprint density at radius 1 is 0.793 bits per heavy atom. The van der Waals surface area contributed by atoms with Gasteiger partial charge in [0.1, 0.15) is 5.78 Å². The van der Waals surface area contributed by atoms with Crippen LogP contribution in [-0.4, -0.2) is 11.6 Å². The van der Waals surface area contributed by atoms with Crippen molar-refractivity contribution in [1.29, 1.82) is 0 Å². The Morgan fingerprint density at radius 3 is 2.00 bits per heavy atom. The highest BCUT2D eigenvalue weighted by Gasteiger charge is 2.48. The standard InChI is InChI=1S/C27H26O2/c28-25(22-14-6-2-7-15-22)20-24(21-12-4-1-5-13-21)27(19-11-10-18-26(27)29)23-16-8-3-9-17-23/h1-9,12-17,24H,10-11,18-20H2/t24-,27-/m0/s1. The molecular weight excluding hydrogens is 356 g/mol. The van der Waals surface area contributed by atoms with E-state index in [2.05, 4.69) is 24.3 Å². The molecule has 1 fully saturated rings. The fourth-order valence-corrected chi connectivity index (χ4v) is 4.85. The molecule has 1 aliphatic carbocycles. The zero-order valence-electron chi connectivity index (χ0n) is 16.6. The number of benzene rings is 3. The molecule has 2 heteroatoms. The van der Waals surface area contributed by atoms with Crippen LogP contribution in [0.2, 0.25) is 0 Å². The molecule has 0 spiro atoms. The number of carbonyl (C=O) groups is 2. The molecule has 3 aromatic carbocycles. The SMILES string of the molecule is O=C(C[C@@H](c1ccccc1)[C@@]1(c2ccccc2)CCCCC1=O)c1ccccc1. The minimum atomic E-state index is -0.648. The minimum absolute atomic E-state index is 0.0909. The fourth-order valence-electron chi connectivity index (χ4n) is 4.85. The lowest BCUT2D eigenvalue weighted by atomic mass is 9.58. The van der Waals surface area contributed by atoms with Gasteiger partial charge in [0.2, 0.25) is 0 Å². The van der Waals surface area contributed by atoms with Crippen LogP contribution in [0.25, 0.3) is 0 Å². The smallest absolute Gasteiger partial charge is 0.163 e. The highest BCUT2D eigenvalue weighted by Crippen LogP contribution is 2.49. The quantitative estimate of drug-likeness (QED) is 0.481. The van der Waals surface area contributed by atoms with E-state index in [0.717, 1.165) is 30.4 Å². The molecule has 0 bridgehead atoms. The second-order valence-electron chi connectivity index (χ2n) is 7.92. The van der Waals surface area contributed by atoms with Crippen LogP contribution < -0.4 is 0 Å². The molecule has 1 saturated carbocycles. The lowest BCUT2D eigenvalue weighted by Gasteiger charge is -2.43. The summed E-state index contributed by atoms with van der Waals surface area (Å²) in [5.74, 6) is 0.185. The van der Waals surface area contributed by atoms with Crippen molar-refractivity contribution < 1.29 is 9.59 Å². The van der Waals surface area contributed by atoms with E-state index < -0.39 is 5.41 Å². The van der Waals surface area contributed by atoms with Crippen molar-refractivity contribution in [3.63, 3.8) is 0 Å². The summed E-state index contributed by atoms with van der Waals surface area (Å²) in [6.45, 7) is 0. The third-order valence-electron chi connectivity index (χ3n) is 6.29. The Morgan fingerprint density at radius 2 is 1.38 bits per heavy atom. The number of Topliss-reactive ketones (excluding diaryl/α,β-unsaturated/α-hetero) is 2. The van der Waals surface area contributed by atoms with Gasteiger partial charge in [-0.25, -0.2) is 0 Å². The molecule has 0 aromatic heterocycles.